The van der Waals surface area contributed by atoms with Crippen LogP contribution >= 0.6 is 0 Å². The van der Waals surface area contributed by atoms with E-state index < -0.39 is 0 Å². The molecule has 1 aliphatic heterocycles. The Labute approximate surface area is 97.6 Å². The highest BCUT2D eigenvalue weighted by Crippen LogP contribution is 2.18. The predicted molar refractivity (Wildman–Crippen MR) is 69.6 cm³/mol. The Morgan fingerprint density at radius 3 is 2.75 bits per heavy atom. The summed E-state index contributed by atoms with van der Waals surface area (Å²) in [6.45, 7) is 2.30. The maximum absolute atomic E-state index is 5.64. The highest BCUT2D eigenvalue weighted by molar-refractivity contribution is 5.51. The van der Waals surface area contributed by atoms with Gasteiger partial charge in [-0.3, -0.25) is 0 Å². The standard InChI is InChI=1S/C13H21N3/c1-16-10-2-3-13(16)8-9-15-12-6-4-11(14)5-7-12/h4-7,13,15H,2-3,8-10,14H2,1H3/t13-/m1/s1. The van der Waals surface area contributed by atoms with E-state index in [0.717, 1.165) is 24.0 Å². The molecular weight excluding hydrogens is 198 g/mol. The van der Waals surface area contributed by atoms with E-state index in [1.807, 2.05) is 24.3 Å². The minimum absolute atomic E-state index is 0.765. The highest BCUT2D eigenvalue weighted by atomic mass is 15.1. The van der Waals surface area contributed by atoms with Crippen LogP contribution in [0, 0.1) is 0 Å². The van der Waals surface area contributed by atoms with Gasteiger partial charge in [-0.25, -0.2) is 0 Å². The van der Waals surface area contributed by atoms with Crippen LogP contribution in [0.5, 0.6) is 0 Å². The molecule has 0 unspecified atom stereocenters. The first-order chi connectivity index (χ1) is 7.75. The second kappa shape index (κ2) is 5.21. The van der Waals surface area contributed by atoms with Gasteiger partial charge in [0.25, 0.3) is 0 Å². The summed E-state index contributed by atoms with van der Waals surface area (Å²) in [5.74, 6) is 0. The van der Waals surface area contributed by atoms with Gasteiger partial charge in [0, 0.05) is 24.0 Å². The molecule has 3 nitrogen and oxygen atoms in total. The Bertz CT molecular complexity index is 320. The van der Waals surface area contributed by atoms with Gasteiger partial charge in [0.2, 0.25) is 0 Å². The van der Waals surface area contributed by atoms with Crippen molar-refractivity contribution in [3.05, 3.63) is 24.3 Å². The molecule has 0 saturated carbocycles. The Morgan fingerprint density at radius 1 is 1.38 bits per heavy atom. The van der Waals surface area contributed by atoms with Crippen LogP contribution in [0.15, 0.2) is 24.3 Å². The third kappa shape index (κ3) is 2.89. The minimum Gasteiger partial charge on any atom is -0.399 e. The van der Waals surface area contributed by atoms with E-state index in [-0.39, 0.29) is 0 Å². The third-order valence-electron chi connectivity index (χ3n) is 3.39. The number of nitrogens with one attached hydrogen (secondary N) is 1. The van der Waals surface area contributed by atoms with Crippen LogP contribution in [0.3, 0.4) is 0 Å². The lowest BCUT2D eigenvalue weighted by Crippen LogP contribution is -2.26. The summed E-state index contributed by atoms with van der Waals surface area (Å²) in [4.78, 5) is 2.46. The molecule has 0 radical (unpaired) electrons. The Hall–Kier alpha value is -1.22. The van der Waals surface area contributed by atoms with E-state index in [9.17, 15) is 0 Å². The zero-order valence-electron chi connectivity index (χ0n) is 9.95. The van der Waals surface area contributed by atoms with Crippen molar-refractivity contribution in [3.63, 3.8) is 0 Å². The van der Waals surface area contributed by atoms with E-state index in [0.29, 0.717) is 0 Å². The molecule has 16 heavy (non-hydrogen) atoms. The van der Waals surface area contributed by atoms with Crippen molar-refractivity contribution < 1.29 is 0 Å². The van der Waals surface area contributed by atoms with Crippen LogP contribution in [0.1, 0.15) is 19.3 Å². The average molecular weight is 219 g/mol. The summed E-state index contributed by atoms with van der Waals surface area (Å²) in [6, 6.07) is 8.71. The van der Waals surface area contributed by atoms with Crippen LogP contribution in [0.2, 0.25) is 0 Å². The third-order valence-corrected chi connectivity index (χ3v) is 3.39. The monoisotopic (exact) mass is 219 g/mol. The van der Waals surface area contributed by atoms with Crippen LogP contribution < -0.4 is 11.1 Å². The Kier molecular flexibility index (Phi) is 3.67. The number of hydrogen-bond acceptors (Lipinski definition) is 3. The fraction of sp³-hybridized carbons (Fsp3) is 0.538. The number of anilines is 2. The van der Waals surface area contributed by atoms with E-state index in [1.165, 1.54) is 25.8 Å². The van der Waals surface area contributed by atoms with Gasteiger partial charge < -0.3 is 16.0 Å². The molecule has 1 heterocycles. The van der Waals surface area contributed by atoms with Gasteiger partial charge in [0.1, 0.15) is 0 Å². The Morgan fingerprint density at radius 2 is 2.12 bits per heavy atom. The molecule has 0 spiro atoms. The molecule has 88 valence electrons. The molecule has 0 bridgehead atoms. The number of hydrogen-bond donors (Lipinski definition) is 2. The zero-order chi connectivity index (χ0) is 11.4. The van der Waals surface area contributed by atoms with Gasteiger partial charge in [-0.1, -0.05) is 0 Å². The first-order valence-corrected chi connectivity index (χ1v) is 6.05. The quantitative estimate of drug-likeness (QED) is 0.763. The summed E-state index contributed by atoms with van der Waals surface area (Å²) in [5.41, 5.74) is 7.62. The molecule has 0 aliphatic carbocycles. The molecule has 0 amide bonds. The van der Waals surface area contributed by atoms with E-state index >= 15 is 0 Å². The predicted octanol–water partition coefficient (Wildman–Crippen LogP) is 2.17. The number of benzene rings is 1. The maximum atomic E-state index is 5.64. The lowest BCUT2D eigenvalue weighted by molar-refractivity contribution is 0.301. The van der Waals surface area contributed by atoms with Gasteiger partial charge in [0.15, 0.2) is 0 Å². The fourth-order valence-corrected chi connectivity index (χ4v) is 2.33. The lowest BCUT2D eigenvalue weighted by Gasteiger charge is -2.19. The number of nitrogen functional groups attached to an aromatic ring is 1. The van der Waals surface area contributed by atoms with Gasteiger partial charge in [-0.05, 0) is 57.1 Å². The van der Waals surface area contributed by atoms with Crippen molar-refractivity contribution in [2.45, 2.75) is 25.3 Å². The molecule has 0 aromatic heterocycles. The second-order valence-corrected chi connectivity index (χ2v) is 4.61. The first kappa shape index (κ1) is 11.3. The molecule has 1 aromatic carbocycles. The number of nitrogens with zero attached hydrogens (tertiary/aromatic N) is 1. The van der Waals surface area contributed by atoms with E-state index in [1.54, 1.807) is 0 Å². The van der Waals surface area contributed by atoms with Gasteiger partial charge in [0.05, 0.1) is 0 Å². The Balaban J connectivity index is 1.73. The van der Waals surface area contributed by atoms with Crippen LogP contribution in [-0.4, -0.2) is 31.1 Å². The summed E-state index contributed by atoms with van der Waals surface area (Å²) in [7, 11) is 2.22. The number of nitrogens with two attached hydrogens (primary N) is 1. The normalized spacial score (nSPS) is 21.2. The molecule has 1 aliphatic rings. The largest absolute Gasteiger partial charge is 0.399 e. The summed E-state index contributed by atoms with van der Waals surface area (Å²) < 4.78 is 0. The van der Waals surface area contributed by atoms with Crippen molar-refractivity contribution in [2.75, 3.05) is 31.2 Å². The molecule has 1 fully saturated rings. The van der Waals surface area contributed by atoms with Crippen LogP contribution in [-0.2, 0) is 0 Å². The molecular formula is C13H21N3. The minimum atomic E-state index is 0.765. The molecule has 3 heteroatoms. The lowest BCUT2D eigenvalue weighted by atomic mass is 10.1. The van der Waals surface area contributed by atoms with Crippen molar-refractivity contribution in [3.8, 4) is 0 Å². The van der Waals surface area contributed by atoms with E-state index in [2.05, 4.69) is 17.3 Å². The zero-order valence-corrected chi connectivity index (χ0v) is 9.95. The summed E-state index contributed by atoms with van der Waals surface area (Å²) in [6.07, 6.45) is 3.92. The topological polar surface area (TPSA) is 41.3 Å². The molecule has 2 rings (SSSR count). The SMILES string of the molecule is CN1CCC[C@@H]1CCNc1ccc(N)cc1. The molecule has 3 N–H and O–H groups in total. The van der Waals surface area contributed by atoms with Crippen molar-refractivity contribution in [1.29, 1.82) is 0 Å². The molecule has 1 aromatic rings. The van der Waals surface area contributed by atoms with Crippen molar-refractivity contribution >= 4 is 11.4 Å². The fourth-order valence-electron chi connectivity index (χ4n) is 2.33. The van der Waals surface area contributed by atoms with Crippen LogP contribution in [0.4, 0.5) is 11.4 Å². The first-order valence-electron chi connectivity index (χ1n) is 6.05. The summed E-state index contributed by atoms with van der Waals surface area (Å²) in [5, 5.41) is 3.44. The highest BCUT2D eigenvalue weighted by Gasteiger charge is 2.19. The maximum Gasteiger partial charge on any atom is 0.0341 e. The van der Waals surface area contributed by atoms with Gasteiger partial charge >= 0.3 is 0 Å². The van der Waals surface area contributed by atoms with Crippen molar-refractivity contribution in [1.82, 2.24) is 4.90 Å². The van der Waals surface area contributed by atoms with Gasteiger partial charge in [-0.15, -0.1) is 0 Å². The second-order valence-electron chi connectivity index (χ2n) is 4.61. The molecule has 1 saturated heterocycles. The summed E-state index contributed by atoms with van der Waals surface area (Å²) >= 11 is 0. The van der Waals surface area contributed by atoms with Gasteiger partial charge in [-0.2, -0.15) is 0 Å². The number of likely N-dealkylation sites (tertiary alicyclic amines) is 1. The molecule has 1 atom stereocenters. The van der Waals surface area contributed by atoms with E-state index in [4.69, 9.17) is 5.73 Å². The smallest absolute Gasteiger partial charge is 0.0341 e. The number of rotatable bonds is 4. The van der Waals surface area contributed by atoms with Crippen LogP contribution in [0.25, 0.3) is 0 Å². The average Bonchev–Trinajstić information content (AvgIpc) is 2.68. The van der Waals surface area contributed by atoms with Crippen molar-refractivity contribution in [2.24, 2.45) is 0 Å².